The lowest BCUT2D eigenvalue weighted by atomic mass is 10.0. The SMILES string of the molecule is CC(C)(C)NS(=O)(=O)c1cccc(-c2ccc(Cl)c(C(=O)O)c2)c1. The molecular formula is C17H18ClNO4S. The van der Waals surface area contributed by atoms with Gasteiger partial charge in [0.05, 0.1) is 15.5 Å². The smallest absolute Gasteiger partial charge is 0.337 e. The van der Waals surface area contributed by atoms with Crippen molar-refractivity contribution in [3.63, 3.8) is 0 Å². The van der Waals surface area contributed by atoms with Crippen LogP contribution in [-0.4, -0.2) is 25.0 Å². The number of hydrogen-bond acceptors (Lipinski definition) is 3. The van der Waals surface area contributed by atoms with Crippen LogP contribution in [0.3, 0.4) is 0 Å². The molecule has 0 fully saturated rings. The fourth-order valence-electron chi connectivity index (χ4n) is 2.17. The Morgan fingerprint density at radius 2 is 1.71 bits per heavy atom. The quantitative estimate of drug-likeness (QED) is 0.861. The van der Waals surface area contributed by atoms with Gasteiger partial charge in [0.15, 0.2) is 0 Å². The monoisotopic (exact) mass is 367 g/mol. The maximum atomic E-state index is 12.4. The molecule has 24 heavy (non-hydrogen) atoms. The van der Waals surface area contributed by atoms with Gasteiger partial charge in [-0.25, -0.2) is 17.9 Å². The van der Waals surface area contributed by atoms with Gasteiger partial charge in [0.2, 0.25) is 10.0 Å². The molecular weight excluding hydrogens is 350 g/mol. The number of halogens is 1. The molecule has 0 unspecified atom stereocenters. The van der Waals surface area contributed by atoms with Gasteiger partial charge >= 0.3 is 5.97 Å². The van der Waals surface area contributed by atoms with Crippen molar-refractivity contribution >= 4 is 27.6 Å². The number of sulfonamides is 1. The minimum atomic E-state index is -3.68. The van der Waals surface area contributed by atoms with E-state index in [0.29, 0.717) is 11.1 Å². The molecule has 0 aliphatic rings. The first kappa shape index (κ1) is 18.4. The first-order valence-corrected chi connectivity index (χ1v) is 9.03. The average molecular weight is 368 g/mol. The minimum absolute atomic E-state index is 0.0322. The second-order valence-electron chi connectivity index (χ2n) is 6.38. The lowest BCUT2D eigenvalue weighted by molar-refractivity contribution is 0.0697. The molecule has 2 aromatic carbocycles. The predicted molar refractivity (Wildman–Crippen MR) is 93.9 cm³/mol. The summed E-state index contributed by atoms with van der Waals surface area (Å²) in [4.78, 5) is 11.3. The molecule has 0 aliphatic carbocycles. The topological polar surface area (TPSA) is 83.5 Å². The molecule has 2 rings (SSSR count). The summed E-state index contributed by atoms with van der Waals surface area (Å²) in [6, 6.07) is 10.9. The van der Waals surface area contributed by atoms with Gasteiger partial charge < -0.3 is 5.11 Å². The summed E-state index contributed by atoms with van der Waals surface area (Å²) in [6.45, 7) is 5.27. The summed E-state index contributed by atoms with van der Waals surface area (Å²) in [7, 11) is -3.68. The first-order chi connectivity index (χ1) is 11.0. The molecule has 0 amide bonds. The van der Waals surface area contributed by atoms with Crippen molar-refractivity contribution in [2.24, 2.45) is 0 Å². The van der Waals surface area contributed by atoms with Crippen LogP contribution in [-0.2, 0) is 10.0 Å². The van der Waals surface area contributed by atoms with Crippen LogP contribution in [0.15, 0.2) is 47.4 Å². The second kappa shape index (κ2) is 6.55. The third-order valence-corrected chi connectivity index (χ3v) is 5.20. The molecule has 2 N–H and O–H groups in total. The number of benzene rings is 2. The second-order valence-corrected chi connectivity index (χ2v) is 8.47. The van der Waals surface area contributed by atoms with E-state index in [-0.39, 0.29) is 15.5 Å². The molecule has 0 heterocycles. The van der Waals surface area contributed by atoms with E-state index in [1.807, 2.05) is 0 Å². The van der Waals surface area contributed by atoms with Crippen molar-refractivity contribution in [3.05, 3.63) is 53.1 Å². The molecule has 2 aromatic rings. The number of carboxylic acid groups (broad SMARTS) is 1. The third kappa shape index (κ3) is 4.35. The van der Waals surface area contributed by atoms with Crippen molar-refractivity contribution in [2.75, 3.05) is 0 Å². The van der Waals surface area contributed by atoms with Gasteiger partial charge in [-0.1, -0.05) is 29.8 Å². The summed E-state index contributed by atoms with van der Waals surface area (Å²) in [5, 5.41) is 9.29. The third-order valence-electron chi connectivity index (χ3n) is 3.11. The van der Waals surface area contributed by atoms with E-state index in [4.69, 9.17) is 16.7 Å². The van der Waals surface area contributed by atoms with Crippen LogP contribution in [0.4, 0.5) is 0 Å². The zero-order valence-electron chi connectivity index (χ0n) is 13.5. The number of nitrogens with one attached hydrogen (secondary N) is 1. The van der Waals surface area contributed by atoms with Gasteiger partial charge in [-0.15, -0.1) is 0 Å². The Bertz CT molecular complexity index is 886. The zero-order chi connectivity index (χ0) is 18.1. The van der Waals surface area contributed by atoms with E-state index in [0.717, 1.165) is 0 Å². The van der Waals surface area contributed by atoms with Crippen molar-refractivity contribution in [1.82, 2.24) is 4.72 Å². The van der Waals surface area contributed by atoms with Crippen LogP contribution in [0.2, 0.25) is 5.02 Å². The highest BCUT2D eigenvalue weighted by Crippen LogP contribution is 2.27. The van der Waals surface area contributed by atoms with Crippen LogP contribution in [0, 0.1) is 0 Å². The van der Waals surface area contributed by atoms with Crippen LogP contribution >= 0.6 is 11.6 Å². The van der Waals surface area contributed by atoms with E-state index in [2.05, 4.69) is 4.72 Å². The van der Waals surface area contributed by atoms with E-state index in [1.54, 1.807) is 39.0 Å². The molecule has 0 atom stereocenters. The fraction of sp³-hybridized carbons (Fsp3) is 0.235. The molecule has 0 spiro atoms. The Morgan fingerprint density at radius 1 is 1.08 bits per heavy atom. The number of aromatic carboxylic acids is 1. The molecule has 5 nitrogen and oxygen atoms in total. The van der Waals surface area contributed by atoms with Crippen LogP contribution < -0.4 is 4.72 Å². The lowest BCUT2D eigenvalue weighted by Gasteiger charge is -2.20. The predicted octanol–water partition coefficient (Wildman–Crippen LogP) is 3.78. The molecule has 0 aliphatic heterocycles. The molecule has 7 heteroatoms. The molecule has 0 aromatic heterocycles. The Labute approximate surface area is 146 Å². The van der Waals surface area contributed by atoms with E-state index in [9.17, 15) is 13.2 Å². The summed E-state index contributed by atoms with van der Waals surface area (Å²) >= 11 is 5.87. The Kier molecular flexibility index (Phi) is 5.03. The zero-order valence-corrected chi connectivity index (χ0v) is 15.1. The molecule has 0 saturated heterocycles. The van der Waals surface area contributed by atoms with Gasteiger partial charge in [0.1, 0.15) is 0 Å². The highest BCUT2D eigenvalue weighted by Gasteiger charge is 2.22. The molecule has 0 bridgehead atoms. The van der Waals surface area contributed by atoms with Gasteiger partial charge in [-0.3, -0.25) is 0 Å². The Balaban J connectivity index is 2.49. The largest absolute Gasteiger partial charge is 0.478 e. The van der Waals surface area contributed by atoms with Crippen LogP contribution in [0.5, 0.6) is 0 Å². The number of carbonyl (C=O) groups is 1. The van der Waals surface area contributed by atoms with Crippen LogP contribution in [0.1, 0.15) is 31.1 Å². The number of rotatable bonds is 4. The average Bonchev–Trinajstić information content (AvgIpc) is 2.45. The standard InChI is InChI=1S/C17H18ClNO4S/c1-17(2,3)19-24(22,23)13-6-4-5-11(9-13)12-7-8-15(18)14(10-12)16(20)21/h4-10,19H,1-3H3,(H,20,21). The van der Waals surface area contributed by atoms with Crippen LogP contribution in [0.25, 0.3) is 11.1 Å². The Hall–Kier alpha value is -1.89. The minimum Gasteiger partial charge on any atom is -0.478 e. The molecule has 128 valence electrons. The molecule has 0 radical (unpaired) electrons. The van der Waals surface area contributed by atoms with E-state index in [1.165, 1.54) is 24.3 Å². The van der Waals surface area contributed by atoms with Gasteiger partial charge in [-0.2, -0.15) is 0 Å². The van der Waals surface area contributed by atoms with Crippen molar-refractivity contribution in [1.29, 1.82) is 0 Å². The van der Waals surface area contributed by atoms with Crippen molar-refractivity contribution in [3.8, 4) is 11.1 Å². The van der Waals surface area contributed by atoms with Gasteiger partial charge in [0, 0.05) is 5.54 Å². The van der Waals surface area contributed by atoms with Gasteiger partial charge in [0.25, 0.3) is 0 Å². The summed E-state index contributed by atoms with van der Waals surface area (Å²) in [5.74, 6) is -1.14. The van der Waals surface area contributed by atoms with Crippen molar-refractivity contribution in [2.45, 2.75) is 31.2 Å². The van der Waals surface area contributed by atoms with E-state index < -0.39 is 21.5 Å². The number of carboxylic acids is 1. The Morgan fingerprint density at radius 3 is 2.29 bits per heavy atom. The van der Waals surface area contributed by atoms with Crippen molar-refractivity contribution < 1.29 is 18.3 Å². The maximum absolute atomic E-state index is 12.4. The summed E-state index contributed by atoms with van der Waals surface area (Å²) < 4.78 is 27.5. The highest BCUT2D eigenvalue weighted by molar-refractivity contribution is 7.89. The highest BCUT2D eigenvalue weighted by atomic mass is 35.5. The first-order valence-electron chi connectivity index (χ1n) is 7.17. The maximum Gasteiger partial charge on any atom is 0.337 e. The fourth-order valence-corrected chi connectivity index (χ4v) is 3.84. The molecule has 0 saturated carbocycles. The lowest BCUT2D eigenvalue weighted by Crippen LogP contribution is -2.40. The number of hydrogen-bond donors (Lipinski definition) is 2. The van der Waals surface area contributed by atoms with Gasteiger partial charge in [-0.05, 0) is 56.2 Å². The van der Waals surface area contributed by atoms with E-state index >= 15 is 0 Å². The summed E-state index contributed by atoms with van der Waals surface area (Å²) in [5.41, 5.74) is 0.525. The normalized spacial score (nSPS) is 12.2. The summed E-state index contributed by atoms with van der Waals surface area (Å²) in [6.07, 6.45) is 0.